The van der Waals surface area contributed by atoms with Gasteiger partial charge in [0.05, 0.1) is 25.3 Å². The van der Waals surface area contributed by atoms with Crippen LogP contribution in [0.5, 0.6) is 11.5 Å². The number of nitrogens with one attached hydrogen (secondary N) is 1. The summed E-state index contributed by atoms with van der Waals surface area (Å²) in [5.41, 5.74) is 1.50. The molecule has 2 aromatic rings. The Bertz CT molecular complexity index is 1030. The van der Waals surface area contributed by atoms with Gasteiger partial charge in [-0.05, 0) is 68.7 Å². The second-order valence-corrected chi connectivity index (χ2v) is 9.72. The fourth-order valence-corrected chi connectivity index (χ4v) is 5.70. The molecule has 9 heteroatoms. The first kappa shape index (κ1) is 24.9. The van der Waals surface area contributed by atoms with Crippen molar-refractivity contribution in [3.05, 3.63) is 54.1 Å². The summed E-state index contributed by atoms with van der Waals surface area (Å²) in [6.07, 6.45) is 1.29. The second-order valence-electron chi connectivity index (χ2n) is 7.87. The summed E-state index contributed by atoms with van der Waals surface area (Å²) in [7, 11) is -2.17. The van der Waals surface area contributed by atoms with E-state index in [1.807, 2.05) is 31.2 Å². The van der Waals surface area contributed by atoms with Gasteiger partial charge in [-0.25, -0.2) is 0 Å². The van der Waals surface area contributed by atoms with E-state index in [1.54, 1.807) is 38.3 Å². The topological polar surface area (TPSA) is 88.2 Å². The van der Waals surface area contributed by atoms with Gasteiger partial charge in [0.2, 0.25) is 5.91 Å². The van der Waals surface area contributed by atoms with Crippen LogP contribution in [0, 0.1) is 5.92 Å². The van der Waals surface area contributed by atoms with Crippen LogP contribution in [0.1, 0.15) is 32.3 Å². The van der Waals surface area contributed by atoms with E-state index >= 15 is 0 Å². The fourth-order valence-electron chi connectivity index (χ4n) is 3.98. The summed E-state index contributed by atoms with van der Waals surface area (Å²) in [6.45, 7) is 5.47. The van der Waals surface area contributed by atoms with Crippen molar-refractivity contribution in [2.45, 2.75) is 33.2 Å². The van der Waals surface area contributed by atoms with E-state index in [1.165, 1.54) is 8.61 Å². The maximum Gasteiger partial charge on any atom is 0.304 e. The highest BCUT2D eigenvalue weighted by molar-refractivity contribution is 7.90. The smallest absolute Gasteiger partial charge is 0.304 e. The van der Waals surface area contributed by atoms with Crippen LogP contribution in [0.15, 0.2) is 48.5 Å². The first-order chi connectivity index (χ1) is 15.9. The molecule has 0 aromatic heterocycles. The lowest BCUT2D eigenvalue weighted by Crippen LogP contribution is -2.50. The lowest BCUT2D eigenvalue weighted by molar-refractivity contribution is -0.126. The minimum atomic E-state index is -3.77. The van der Waals surface area contributed by atoms with E-state index in [2.05, 4.69) is 5.32 Å². The molecule has 1 aliphatic heterocycles. The zero-order valence-electron chi connectivity index (χ0n) is 19.5. The summed E-state index contributed by atoms with van der Waals surface area (Å²) < 4.78 is 40.3. The predicted octanol–water partition coefficient (Wildman–Crippen LogP) is 3.19. The average Bonchev–Trinajstić information content (AvgIpc) is 2.84. The molecule has 0 radical (unpaired) electrons. The van der Waals surface area contributed by atoms with Crippen molar-refractivity contribution >= 4 is 21.8 Å². The number of hydrogen-bond donors (Lipinski definition) is 1. The number of methoxy groups -OCH3 is 1. The standard InChI is InChI=1S/C24H33N3O5S/c1-4-27(21-11-13-22(14-12-21)32-5-2)33(29,30)26-15-7-9-20(18-26)24(28)25-17-19-8-6-10-23(16-19)31-3/h6,8,10-14,16,20H,4-5,7,9,15,17-18H2,1-3H3,(H,25,28)/t20-/m0/s1. The molecule has 0 spiro atoms. The molecule has 1 heterocycles. The zero-order chi connectivity index (χ0) is 23.8. The highest BCUT2D eigenvalue weighted by Gasteiger charge is 2.35. The van der Waals surface area contributed by atoms with Crippen molar-refractivity contribution in [2.24, 2.45) is 5.92 Å². The lowest BCUT2D eigenvalue weighted by atomic mass is 9.99. The Hall–Kier alpha value is -2.78. The molecular formula is C24H33N3O5S. The predicted molar refractivity (Wildman–Crippen MR) is 129 cm³/mol. The van der Waals surface area contributed by atoms with Gasteiger partial charge >= 0.3 is 10.2 Å². The van der Waals surface area contributed by atoms with Crippen molar-refractivity contribution in [3.8, 4) is 11.5 Å². The van der Waals surface area contributed by atoms with Crippen molar-refractivity contribution < 1.29 is 22.7 Å². The molecule has 0 saturated carbocycles. The monoisotopic (exact) mass is 475 g/mol. The second kappa shape index (κ2) is 11.4. The van der Waals surface area contributed by atoms with E-state index in [9.17, 15) is 13.2 Å². The molecule has 8 nitrogen and oxygen atoms in total. The van der Waals surface area contributed by atoms with Crippen LogP contribution >= 0.6 is 0 Å². The van der Waals surface area contributed by atoms with Crippen LogP contribution in [0.4, 0.5) is 5.69 Å². The van der Waals surface area contributed by atoms with Crippen molar-refractivity contribution in [3.63, 3.8) is 0 Å². The number of carbonyl (C=O) groups excluding carboxylic acids is 1. The minimum Gasteiger partial charge on any atom is -0.497 e. The van der Waals surface area contributed by atoms with E-state index in [4.69, 9.17) is 9.47 Å². The van der Waals surface area contributed by atoms with E-state index in [0.29, 0.717) is 50.5 Å². The molecular weight excluding hydrogens is 442 g/mol. The van der Waals surface area contributed by atoms with Crippen molar-refractivity contribution in [1.82, 2.24) is 9.62 Å². The van der Waals surface area contributed by atoms with Gasteiger partial charge in [0.15, 0.2) is 0 Å². The third-order valence-electron chi connectivity index (χ3n) is 5.68. The molecule has 0 bridgehead atoms. The van der Waals surface area contributed by atoms with Crippen LogP contribution in [0.25, 0.3) is 0 Å². The molecule has 1 fully saturated rings. The number of nitrogens with zero attached hydrogens (tertiary/aromatic N) is 2. The number of carbonyl (C=O) groups is 1. The van der Waals surface area contributed by atoms with Gasteiger partial charge in [-0.1, -0.05) is 12.1 Å². The summed E-state index contributed by atoms with van der Waals surface area (Å²) in [5, 5.41) is 2.94. The number of ether oxygens (including phenoxy) is 2. The molecule has 33 heavy (non-hydrogen) atoms. The van der Waals surface area contributed by atoms with Crippen LogP contribution in [-0.4, -0.2) is 52.0 Å². The average molecular weight is 476 g/mol. The number of rotatable bonds is 10. The molecule has 3 rings (SSSR count). The Morgan fingerprint density at radius 1 is 1.15 bits per heavy atom. The zero-order valence-corrected chi connectivity index (χ0v) is 20.3. The van der Waals surface area contributed by atoms with E-state index in [-0.39, 0.29) is 12.5 Å². The highest BCUT2D eigenvalue weighted by Crippen LogP contribution is 2.27. The molecule has 1 saturated heterocycles. The number of benzene rings is 2. The molecule has 1 aliphatic rings. The third-order valence-corrected chi connectivity index (χ3v) is 7.69. The number of piperidine rings is 1. The van der Waals surface area contributed by atoms with Crippen LogP contribution in [-0.2, 0) is 21.5 Å². The Kier molecular flexibility index (Phi) is 8.57. The van der Waals surface area contributed by atoms with Crippen molar-refractivity contribution in [2.75, 3.05) is 37.7 Å². The van der Waals surface area contributed by atoms with Gasteiger partial charge in [0.25, 0.3) is 0 Å². The van der Waals surface area contributed by atoms with Gasteiger partial charge in [0, 0.05) is 26.2 Å². The summed E-state index contributed by atoms with van der Waals surface area (Å²) in [5.74, 6) is 0.895. The Morgan fingerprint density at radius 2 is 1.91 bits per heavy atom. The number of anilines is 1. The van der Waals surface area contributed by atoms with Crippen LogP contribution in [0.2, 0.25) is 0 Å². The Balaban J connectivity index is 1.66. The van der Waals surface area contributed by atoms with Crippen LogP contribution in [0.3, 0.4) is 0 Å². The molecule has 180 valence electrons. The highest BCUT2D eigenvalue weighted by atomic mass is 32.2. The van der Waals surface area contributed by atoms with Crippen molar-refractivity contribution in [1.29, 1.82) is 0 Å². The molecule has 0 unspecified atom stereocenters. The minimum absolute atomic E-state index is 0.137. The molecule has 1 atom stereocenters. The number of hydrogen-bond acceptors (Lipinski definition) is 5. The van der Waals surface area contributed by atoms with E-state index in [0.717, 1.165) is 11.3 Å². The van der Waals surface area contributed by atoms with Crippen LogP contribution < -0.4 is 19.1 Å². The molecule has 0 aliphatic carbocycles. The Labute approximate surface area is 196 Å². The lowest BCUT2D eigenvalue weighted by Gasteiger charge is -2.35. The molecule has 1 N–H and O–H groups in total. The van der Waals surface area contributed by atoms with Gasteiger partial charge in [-0.3, -0.25) is 9.10 Å². The van der Waals surface area contributed by atoms with Gasteiger partial charge < -0.3 is 14.8 Å². The first-order valence-corrected chi connectivity index (χ1v) is 12.7. The summed E-state index contributed by atoms with van der Waals surface area (Å²) in [6, 6.07) is 14.5. The van der Waals surface area contributed by atoms with Gasteiger partial charge in [0.1, 0.15) is 11.5 Å². The quantitative estimate of drug-likeness (QED) is 0.570. The normalized spacial score (nSPS) is 16.8. The SMILES string of the molecule is CCOc1ccc(N(CC)S(=O)(=O)N2CCC[C@H](C(=O)NCc3cccc(OC)c3)C2)cc1. The first-order valence-electron chi connectivity index (χ1n) is 11.3. The molecule has 1 amide bonds. The van der Waals surface area contributed by atoms with E-state index < -0.39 is 16.1 Å². The fraction of sp³-hybridized carbons (Fsp3) is 0.458. The summed E-state index contributed by atoms with van der Waals surface area (Å²) in [4.78, 5) is 12.8. The number of amides is 1. The maximum atomic E-state index is 13.4. The third kappa shape index (κ3) is 6.17. The maximum absolute atomic E-state index is 13.4. The van der Waals surface area contributed by atoms with Gasteiger partial charge in [-0.2, -0.15) is 12.7 Å². The van der Waals surface area contributed by atoms with Gasteiger partial charge in [-0.15, -0.1) is 0 Å². The largest absolute Gasteiger partial charge is 0.497 e. The Morgan fingerprint density at radius 3 is 2.58 bits per heavy atom. The summed E-state index contributed by atoms with van der Waals surface area (Å²) >= 11 is 0. The molecule has 2 aromatic carbocycles.